The third-order valence-corrected chi connectivity index (χ3v) is 3.75. The number of ketones is 1. The Balaban J connectivity index is 1.67. The van der Waals surface area contributed by atoms with Gasteiger partial charge in [0.05, 0.1) is 6.61 Å². The Morgan fingerprint density at radius 3 is 2.71 bits per heavy atom. The highest BCUT2D eigenvalue weighted by Crippen LogP contribution is 2.27. The zero-order valence-electron chi connectivity index (χ0n) is 12.0. The van der Waals surface area contributed by atoms with Gasteiger partial charge in [-0.05, 0) is 48.7 Å². The zero-order valence-corrected chi connectivity index (χ0v) is 12.0. The zero-order chi connectivity index (χ0) is 14.7. The highest BCUT2D eigenvalue weighted by atomic mass is 16.5. The van der Waals surface area contributed by atoms with Gasteiger partial charge < -0.3 is 9.47 Å². The van der Waals surface area contributed by atoms with Crippen molar-refractivity contribution in [1.29, 1.82) is 0 Å². The Labute approximate surface area is 124 Å². The van der Waals surface area contributed by atoms with Gasteiger partial charge in [0, 0.05) is 5.56 Å². The van der Waals surface area contributed by atoms with Crippen LogP contribution in [-0.2, 0) is 11.2 Å². The monoisotopic (exact) mass is 282 g/mol. The molecule has 3 nitrogen and oxygen atoms in total. The minimum absolute atomic E-state index is 0.0255. The van der Waals surface area contributed by atoms with Crippen LogP contribution in [0.4, 0.5) is 0 Å². The van der Waals surface area contributed by atoms with Crippen molar-refractivity contribution in [3.8, 4) is 5.75 Å². The lowest BCUT2D eigenvalue weighted by atomic mass is 9.98. The molecule has 0 aliphatic carbocycles. The number of carbonyl (C=O) groups excluding carboxylic acids is 1. The molecular formula is C18H18O3. The van der Waals surface area contributed by atoms with E-state index in [0.29, 0.717) is 12.2 Å². The Morgan fingerprint density at radius 2 is 1.95 bits per heavy atom. The summed E-state index contributed by atoms with van der Waals surface area (Å²) in [7, 11) is 0. The third-order valence-electron chi connectivity index (χ3n) is 3.75. The van der Waals surface area contributed by atoms with Gasteiger partial charge in [-0.25, -0.2) is 0 Å². The minimum atomic E-state index is -0.0255. The first-order valence-corrected chi connectivity index (χ1v) is 7.17. The average Bonchev–Trinajstić information content (AvgIpc) is 2.53. The van der Waals surface area contributed by atoms with Crippen LogP contribution in [0.3, 0.4) is 0 Å². The van der Waals surface area contributed by atoms with Crippen molar-refractivity contribution in [2.75, 3.05) is 13.2 Å². The highest BCUT2D eigenvalue weighted by Gasteiger charge is 2.20. The molecule has 2 aromatic rings. The van der Waals surface area contributed by atoms with Crippen molar-refractivity contribution in [2.24, 2.45) is 0 Å². The van der Waals surface area contributed by atoms with Crippen LogP contribution in [0.25, 0.3) is 0 Å². The number of benzene rings is 2. The molecule has 0 saturated carbocycles. The average molecular weight is 282 g/mol. The topological polar surface area (TPSA) is 35.5 Å². The molecule has 1 atom stereocenters. The van der Waals surface area contributed by atoms with Gasteiger partial charge in [-0.3, -0.25) is 4.79 Å². The van der Waals surface area contributed by atoms with Crippen molar-refractivity contribution in [2.45, 2.75) is 19.4 Å². The molecule has 3 heteroatoms. The summed E-state index contributed by atoms with van der Waals surface area (Å²) in [5, 5.41) is 0. The number of Topliss-reactive ketones (excluding diaryl/α,β-unsaturated/α-hetero) is 1. The maximum atomic E-state index is 11.2. The molecule has 3 rings (SSSR count). The quantitative estimate of drug-likeness (QED) is 0.804. The molecule has 0 radical (unpaired) electrons. The largest absolute Gasteiger partial charge is 0.491 e. The predicted molar refractivity (Wildman–Crippen MR) is 80.8 cm³/mol. The molecule has 2 aromatic carbocycles. The van der Waals surface area contributed by atoms with E-state index in [1.54, 1.807) is 19.1 Å². The van der Waals surface area contributed by atoms with Gasteiger partial charge in [0.1, 0.15) is 18.5 Å². The van der Waals surface area contributed by atoms with Crippen LogP contribution in [-0.4, -0.2) is 19.0 Å². The fourth-order valence-corrected chi connectivity index (χ4v) is 2.57. The van der Waals surface area contributed by atoms with E-state index in [0.717, 1.165) is 18.8 Å². The van der Waals surface area contributed by atoms with Crippen molar-refractivity contribution in [1.82, 2.24) is 0 Å². The number of hydrogen-bond donors (Lipinski definition) is 0. The van der Waals surface area contributed by atoms with Gasteiger partial charge in [0.25, 0.3) is 0 Å². The first-order valence-electron chi connectivity index (χ1n) is 7.17. The van der Waals surface area contributed by atoms with Crippen LogP contribution in [0.2, 0.25) is 0 Å². The molecule has 1 aliphatic heterocycles. The van der Waals surface area contributed by atoms with Crippen molar-refractivity contribution >= 4 is 5.78 Å². The van der Waals surface area contributed by atoms with E-state index in [1.807, 2.05) is 18.2 Å². The molecule has 0 amide bonds. The van der Waals surface area contributed by atoms with Crippen LogP contribution < -0.4 is 4.74 Å². The summed E-state index contributed by atoms with van der Waals surface area (Å²) in [6.07, 6.45) is 0.933. The Bertz CT molecular complexity index is 631. The van der Waals surface area contributed by atoms with Crippen LogP contribution in [0, 0.1) is 0 Å². The summed E-state index contributed by atoms with van der Waals surface area (Å²) in [5.74, 6) is 0.817. The molecule has 1 unspecified atom stereocenters. The summed E-state index contributed by atoms with van der Waals surface area (Å²) in [6.45, 7) is 2.77. The first-order chi connectivity index (χ1) is 10.2. The Hall–Kier alpha value is -2.13. The summed E-state index contributed by atoms with van der Waals surface area (Å²) in [4.78, 5) is 11.2. The van der Waals surface area contributed by atoms with Crippen LogP contribution >= 0.6 is 0 Å². The molecule has 108 valence electrons. The second-order valence-corrected chi connectivity index (χ2v) is 5.20. The van der Waals surface area contributed by atoms with E-state index >= 15 is 0 Å². The SMILES string of the molecule is CC(=O)c1ccc(OCC2OCCc3ccccc32)cc1. The smallest absolute Gasteiger partial charge is 0.159 e. The molecule has 1 aliphatic rings. The van der Waals surface area contributed by atoms with Gasteiger partial charge in [-0.2, -0.15) is 0 Å². The number of carbonyl (C=O) groups is 1. The van der Waals surface area contributed by atoms with E-state index in [1.165, 1.54) is 11.1 Å². The van der Waals surface area contributed by atoms with E-state index in [4.69, 9.17) is 9.47 Å². The molecule has 0 fully saturated rings. The Kier molecular flexibility index (Phi) is 4.02. The van der Waals surface area contributed by atoms with E-state index in [-0.39, 0.29) is 11.9 Å². The van der Waals surface area contributed by atoms with E-state index in [2.05, 4.69) is 18.2 Å². The highest BCUT2D eigenvalue weighted by molar-refractivity contribution is 5.94. The van der Waals surface area contributed by atoms with Crippen LogP contribution in [0.1, 0.15) is 34.5 Å². The van der Waals surface area contributed by atoms with Crippen molar-refractivity contribution < 1.29 is 14.3 Å². The molecule has 21 heavy (non-hydrogen) atoms. The van der Waals surface area contributed by atoms with Gasteiger partial charge in [0.15, 0.2) is 5.78 Å². The predicted octanol–water partition coefficient (Wildman–Crippen LogP) is 3.58. The minimum Gasteiger partial charge on any atom is -0.491 e. The van der Waals surface area contributed by atoms with Crippen molar-refractivity contribution in [3.63, 3.8) is 0 Å². The fourth-order valence-electron chi connectivity index (χ4n) is 2.57. The summed E-state index contributed by atoms with van der Waals surface area (Å²) >= 11 is 0. The lowest BCUT2D eigenvalue weighted by molar-refractivity contribution is 0.0102. The second-order valence-electron chi connectivity index (χ2n) is 5.20. The molecule has 0 bridgehead atoms. The molecule has 0 saturated heterocycles. The van der Waals surface area contributed by atoms with E-state index in [9.17, 15) is 4.79 Å². The van der Waals surface area contributed by atoms with Gasteiger partial charge in [-0.15, -0.1) is 0 Å². The maximum absolute atomic E-state index is 11.2. The lowest BCUT2D eigenvalue weighted by Gasteiger charge is -2.26. The number of fused-ring (bicyclic) bond motifs is 1. The fraction of sp³-hybridized carbons (Fsp3) is 0.278. The molecule has 0 N–H and O–H groups in total. The van der Waals surface area contributed by atoms with Gasteiger partial charge in [-0.1, -0.05) is 24.3 Å². The summed E-state index contributed by atoms with van der Waals surface area (Å²) in [6, 6.07) is 15.6. The van der Waals surface area contributed by atoms with Crippen molar-refractivity contribution in [3.05, 3.63) is 65.2 Å². The molecule has 0 spiro atoms. The number of rotatable bonds is 4. The second kappa shape index (κ2) is 6.10. The maximum Gasteiger partial charge on any atom is 0.159 e. The van der Waals surface area contributed by atoms with E-state index < -0.39 is 0 Å². The van der Waals surface area contributed by atoms with Crippen LogP contribution in [0.15, 0.2) is 48.5 Å². The molecule has 0 aromatic heterocycles. The number of hydrogen-bond acceptors (Lipinski definition) is 3. The normalized spacial score (nSPS) is 17.1. The first kappa shape index (κ1) is 13.8. The molecular weight excluding hydrogens is 264 g/mol. The third kappa shape index (κ3) is 3.14. The van der Waals surface area contributed by atoms with Gasteiger partial charge in [0.2, 0.25) is 0 Å². The standard InChI is InChI=1S/C18H18O3/c1-13(19)14-6-8-16(9-7-14)21-12-18-17-5-3-2-4-15(17)10-11-20-18/h2-9,18H,10-12H2,1H3. The Morgan fingerprint density at radius 1 is 1.19 bits per heavy atom. The summed E-state index contributed by atoms with van der Waals surface area (Å²) in [5.41, 5.74) is 3.25. The lowest BCUT2D eigenvalue weighted by Crippen LogP contribution is -2.21. The summed E-state index contributed by atoms with van der Waals surface area (Å²) < 4.78 is 11.6. The van der Waals surface area contributed by atoms with Crippen LogP contribution in [0.5, 0.6) is 5.75 Å². The van der Waals surface area contributed by atoms with Gasteiger partial charge >= 0.3 is 0 Å². The number of ether oxygens (including phenoxy) is 2. The molecule has 1 heterocycles.